The van der Waals surface area contributed by atoms with Crippen molar-refractivity contribution < 1.29 is 14.6 Å². The highest BCUT2D eigenvalue weighted by Crippen LogP contribution is 2.40. The number of aryl methyl sites for hydroxylation is 1. The molecular weight excluding hydrogens is 236 g/mol. The summed E-state index contributed by atoms with van der Waals surface area (Å²) in [4.78, 5) is 11.8. The topological polar surface area (TPSA) is 46.5 Å². The van der Waals surface area contributed by atoms with Crippen LogP contribution in [-0.4, -0.2) is 22.9 Å². The second-order valence-electron chi connectivity index (χ2n) is 4.59. The highest BCUT2D eigenvalue weighted by molar-refractivity contribution is 8.00. The highest BCUT2D eigenvalue weighted by Gasteiger charge is 2.24. The molecule has 4 heteroatoms. The molecule has 0 heterocycles. The van der Waals surface area contributed by atoms with Gasteiger partial charge in [0.25, 0.3) is 0 Å². The van der Waals surface area contributed by atoms with Crippen LogP contribution in [0.5, 0.6) is 5.75 Å². The predicted octanol–water partition coefficient (Wildman–Crippen LogP) is 3.35. The number of methoxy groups -OCH3 is 1. The second-order valence-corrected chi connectivity index (χ2v) is 6.34. The monoisotopic (exact) mass is 254 g/mol. The molecule has 1 rings (SSSR count). The molecule has 0 saturated heterocycles. The van der Waals surface area contributed by atoms with E-state index in [0.29, 0.717) is 0 Å². The normalized spacial score (nSPS) is 11.3. The van der Waals surface area contributed by atoms with Crippen molar-refractivity contribution in [2.45, 2.75) is 36.8 Å². The van der Waals surface area contributed by atoms with E-state index >= 15 is 0 Å². The Hall–Kier alpha value is -1.16. The minimum absolute atomic E-state index is 0.120. The maximum atomic E-state index is 10.8. The number of hydrogen-bond acceptors (Lipinski definition) is 3. The van der Waals surface area contributed by atoms with Crippen molar-refractivity contribution in [2.24, 2.45) is 0 Å². The van der Waals surface area contributed by atoms with Gasteiger partial charge >= 0.3 is 5.97 Å². The van der Waals surface area contributed by atoms with Crippen LogP contribution in [0.3, 0.4) is 0 Å². The third-order valence-corrected chi connectivity index (χ3v) is 3.52. The fraction of sp³-hybridized carbons (Fsp3) is 0.462. The van der Waals surface area contributed by atoms with E-state index < -0.39 is 5.97 Å². The van der Waals surface area contributed by atoms with Crippen LogP contribution >= 0.6 is 11.8 Å². The first kappa shape index (κ1) is 13.9. The lowest BCUT2D eigenvalue weighted by Crippen LogP contribution is -2.19. The van der Waals surface area contributed by atoms with E-state index in [9.17, 15) is 4.79 Å². The second kappa shape index (κ2) is 5.45. The molecule has 0 amide bonds. The zero-order valence-corrected chi connectivity index (χ0v) is 11.4. The van der Waals surface area contributed by atoms with Gasteiger partial charge in [0.1, 0.15) is 5.75 Å². The van der Waals surface area contributed by atoms with Crippen LogP contribution < -0.4 is 4.74 Å². The fourth-order valence-corrected chi connectivity index (χ4v) is 2.85. The Kier molecular flexibility index (Phi) is 4.46. The van der Waals surface area contributed by atoms with E-state index in [1.165, 1.54) is 11.8 Å². The van der Waals surface area contributed by atoms with Gasteiger partial charge in [-0.05, 0) is 38.5 Å². The van der Waals surface area contributed by atoms with Gasteiger partial charge in [-0.3, -0.25) is 4.79 Å². The molecule has 0 bridgehead atoms. The van der Waals surface area contributed by atoms with Gasteiger partial charge in [0.15, 0.2) is 0 Å². The minimum atomic E-state index is -0.783. The Bertz CT molecular complexity index is 413. The van der Waals surface area contributed by atoms with Crippen LogP contribution in [-0.2, 0) is 4.79 Å². The number of carboxylic acid groups (broad SMARTS) is 1. The van der Waals surface area contributed by atoms with Crippen LogP contribution in [0.25, 0.3) is 0 Å². The Morgan fingerprint density at radius 1 is 1.47 bits per heavy atom. The number of carbonyl (C=O) groups is 1. The number of rotatable bonds is 5. The minimum Gasteiger partial charge on any atom is -0.496 e. The van der Waals surface area contributed by atoms with Gasteiger partial charge in [-0.2, -0.15) is 0 Å². The van der Waals surface area contributed by atoms with Gasteiger partial charge in [-0.25, -0.2) is 0 Å². The maximum Gasteiger partial charge on any atom is 0.304 e. The van der Waals surface area contributed by atoms with Gasteiger partial charge in [0, 0.05) is 4.75 Å². The molecule has 3 nitrogen and oxygen atoms in total. The molecule has 0 spiro atoms. The summed E-state index contributed by atoms with van der Waals surface area (Å²) >= 11 is 1.53. The number of ether oxygens (including phenoxy) is 1. The Morgan fingerprint density at radius 3 is 2.65 bits per heavy atom. The SMILES string of the molecule is COc1ccc(C)cc1SC(C)(C)CC(=O)O. The fourth-order valence-electron chi connectivity index (χ4n) is 1.56. The molecule has 1 N–H and O–H groups in total. The summed E-state index contributed by atoms with van der Waals surface area (Å²) < 4.78 is 4.93. The largest absolute Gasteiger partial charge is 0.496 e. The van der Waals surface area contributed by atoms with E-state index in [1.807, 2.05) is 39.0 Å². The molecule has 1 aromatic rings. The molecule has 1 aromatic carbocycles. The number of thioether (sulfide) groups is 1. The molecule has 0 radical (unpaired) electrons. The highest BCUT2D eigenvalue weighted by atomic mass is 32.2. The molecule has 0 aliphatic heterocycles. The van der Waals surface area contributed by atoms with Crippen LogP contribution in [0, 0.1) is 6.92 Å². The molecule has 0 unspecified atom stereocenters. The van der Waals surface area contributed by atoms with E-state index in [2.05, 4.69) is 0 Å². The molecular formula is C13H18O3S. The third kappa shape index (κ3) is 4.30. The zero-order valence-electron chi connectivity index (χ0n) is 10.6. The summed E-state index contributed by atoms with van der Waals surface area (Å²) in [5, 5.41) is 8.86. The van der Waals surface area contributed by atoms with Crippen LogP contribution in [0.1, 0.15) is 25.8 Å². The smallest absolute Gasteiger partial charge is 0.304 e. The molecule has 0 aromatic heterocycles. The average Bonchev–Trinajstić information content (AvgIpc) is 2.14. The summed E-state index contributed by atoms with van der Waals surface area (Å²) in [6.45, 7) is 5.86. The van der Waals surface area contributed by atoms with Gasteiger partial charge in [0.2, 0.25) is 0 Å². The molecule has 17 heavy (non-hydrogen) atoms. The summed E-state index contributed by atoms with van der Waals surface area (Å²) in [5.41, 5.74) is 1.14. The van der Waals surface area contributed by atoms with E-state index in [1.54, 1.807) is 7.11 Å². The Balaban J connectivity index is 2.93. The van der Waals surface area contributed by atoms with E-state index in [0.717, 1.165) is 16.2 Å². The lowest BCUT2D eigenvalue weighted by Gasteiger charge is -2.23. The van der Waals surface area contributed by atoms with Crippen LogP contribution in [0.2, 0.25) is 0 Å². The summed E-state index contributed by atoms with van der Waals surface area (Å²) in [6.07, 6.45) is 0.120. The molecule has 0 saturated carbocycles. The first-order valence-corrected chi connectivity index (χ1v) is 6.21. The number of aliphatic carboxylic acids is 1. The maximum absolute atomic E-state index is 10.8. The summed E-state index contributed by atoms with van der Waals surface area (Å²) in [5.74, 6) is 0.00758. The van der Waals surface area contributed by atoms with Gasteiger partial charge in [-0.15, -0.1) is 11.8 Å². The van der Waals surface area contributed by atoms with Crippen molar-refractivity contribution in [1.82, 2.24) is 0 Å². The molecule has 0 atom stereocenters. The first-order chi connectivity index (χ1) is 7.84. The summed E-state index contributed by atoms with van der Waals surface area (Å²) in [6, 6.07) is 5.91. The van der Waals surface area contributed by atoms with Crippen molar-refractivity contribution in [3.63, 3.8) is 0 Å². The van der Waals surface area contributed by atoms with Gasteiger partial charge in [0.05, 0.1) is 18.4 Å². The van der Waals surface area contributed by atoms with Crippen LogP contribution in [0.15, 0.2) is 23.1 Å². The Labute approximate surface area is 106 Å². The van der Waals surface area contributed by atoms with Crippen molar-refractivity contribution in [3.8, 4) is 5.75 Å². The predicted molar refractivity (Wildman–Crippen MR) is 69.9 cm³/mol. The van der Waals surface area contributed by atoms with Crippen molar-refractivity contribution in [2.75, 3.05) is 7.11 Å². The molecule has 0 aliphatic rings. The van der Waals surface area contributed by atoms with Crippen molar-refractivity contribution in [3.05, 3.63) is 23.8 Å². The number of hydrogen-bond donors (Lipinski definition) is 1. The standard InChI is InChI=1S/C13H18O3S/c1-9-5-6-10(16-4)11(7-9)17-13(2,3)8-12(14)15/h5-7H,8H2,1-4H3,(H,14,15). The van der Waals surface area contributed by atoms with E-state index in [-0.39, 0.29) is 11.2 Å². The molecule has 94 valence electrons. The molecule has 0 fully saturated rings. The quantitative estimate of drug-likeness (QED) is 0.818. The van der Waals surface area contributed by atoms with Gasteiger partial charge < -0.3 is 9.84 Å². The Morgan fingerprint density at radius 2 is 2.12 bits per heavy atom. The average molecular weight is 254 g/mol. The zero-order chi connectivity index (χ0) is 13.1. The summed E-state index contributed by atoms with van der Waals surface area (Å²) in [7, 11) is 1.62. The van der Waals surface area contributed by atoms with Crippen molar-refractivity contribution >= 4 is 17.7 Å². The van der Waals surface area contributed by atoms with E-state index in [4.69, 9.17) is 9.84 Å². The lowest BCUT2D eigenvalue weighted by molar-refractivity contribution is -0.137. The third-order valence-electron chi connectivity index (χ3n) is 2.28. The number of carboxylic acids is 1. The van der Waals surface area contributed by atoms with Crippen molar-refractivity contribution in [1.29, 1.82) is 0 Å². The number of benzene rings is 1. The lowest BCUT2D eigenvalue weighted by atomic mass is 10.1. The molecule has 0 aliphatic carbocycles. The van der Waals surface area contributed by atoms with Gasteiger partial charge in [-0.1, -0.05) is 6.07 Å². The first-order valence-electron chi connectivity index (χ1n) is 5.39. The van der Waals surface area contributed by atoms with Crippen LogP contribution in [0.4, 0.5) is 0 Å².